The predicted molar refractivity (Wildman–Crippen MR) is 108 cm³/mol. The Labute approximate surface area is 204 Å². The standard InChI is InChI=1S/C17H21F3N6O11/c18-17(19,20)16(30)36-15(29)12(6-10-7-21-9-23-10)24-14(28)4-5-22-13(27)3-1-2-11(37-26(33)34)8-35-25(31)32/h7,9,11-12H,1-6,8H2,(H,21,23)(H,22,27)(H,24,28)/t11-,12-/m0/s1. The van der Waals surface area contributed by atoms with Gasteiger partial charge in [-0.1, -0.05) is 0 Å². The predicted octanol–water partition coefficient (Wildman–Crippen LogP) is -0.469. The summed E-state index contributed by atoms with van der Waals surface area (Å²) in [5.41, 5.74) is 0.165. The minimum Gasteiger partial charge on any atom is -0.385 e. The third-order valence-electron chi connectivity index (χ3n) is 4.22. The number of nitrogens with one attached hydrogen (secondary N) is 3. The molecule has 206 valence electrons. The molecule has 1 rings (SSSR count). The number of aromatic amines is 1. The van der Waals surface area contributed by atoms with E-state index >= 15 is 0 Å². The number of ether oxygens (including phenoxy) is 1. The number of H-pyrrole nitrogens is 1. The normalized spacial score (nSPS) is 12.5. The van der Waals surface area contributed by atoms with E-state index in [4.69, 9.17) is 0 Å². The molecule has 1 aromatic heterocycles. The summed E-state index contributed by atoms with van der Waals surface area (Å²) in [7, 11) is 0. The Morgan fingerprint density at radius 2 is 1.81 bits per heavy atom. The first-order valence-corrected chi connectivity index (χ1v) is 10.2. The number of carbonyl (C=O) groups is 4. The van der Waals surface area contributed by atoms with Gasteiger partial charge in [0.05, 0.1) is 12.0 Å². The fourth-order valence-corrected chi connectivity index (χ4v) is 2.62. The number of hydrogen-bond acceptors (Lipinski definition) is 12. The molecule has 1 heterocycles. The van der Waals surface area contributed by atoms with Gasteiger partial charge in [-0.25, -0.2) is 14.6 Å². The van der Waals surface area contributed by atoms with E-state index in [0.717, 1.165) is 0 Å². The fraction of sp³-hybridized carbons (Fsp3) is 0.588. The van der Waals surface area contributed by atoms with Crippen LogP contribution in [0.25, 0.3) is 0 Å². The number of aromatic nitrogens is 2. The maximum Gasteiger partial charge on any atom is 0.491 e. The van der Waals surface area contributed by atoms with E-state index < -0.39 is 71.7 Å². The van der Waals surface area contributed by atoms with Gasteiger partial charge in [0.1, 0.15) is 18.8 Å². The van der Waals surface area contributed by atoms with Crippen LogP contribution in [0.5, 0.6) is 0 Å². The molecule has 0 fully saturated rings. The van der Waals surface area contributed by atoms with Crippen molar-refractivity contribution in [3.05, 3.63) is 38.4 Å². The molecule has 2 atom stereocenters. The molecule has 0 bridgehead atoms. The maximum absolute atomic E-state index is 12.4. The second-order valence-electron chi connectivity index (χ2n) is 7.05. The van der Waals surface area contributed by atoms with Crippen molar-refractivity contribution in [1.29, 1.82) is 0 Å². The van der Waals surface area contributed by atoms with Crippen LogP contribution >= 0.6 is 0 Å². The number of hydrogen-bond donors (Lipinski definition) is 3. The SMILES string of the molecule is O=C(CCC[C@@H](CO[N+](=O)[O-])O[N+](=O)[O-])NCCC(=O)N[C@@H](Cc1c[nH]cn1)C(=O)OC(=O)C(F)(F)F. The first-order chi connectivity index (χ1) is 17.3. The highest BCUT2D eigenvalue weighted by Crippen LogP contribution is 2.17. The van der Waals surface area contributed by atoms with Crippen molar-refractivity contribution in [2.45, 2.75) is 50.4 Å². The Kier molecular flexibility index (Phi) is 12.2. The molecule has 0 aromatic carbocycles. The molecule has 37 heavy (non-hydrogen) atoms. The number of amides is 2. The van der Waals surface area contributed by atoms with Gasteiger partial charge in [0, 0.05) is 32.0 Å². The first-order valence-electron chi connectivity index (χ1n) is 10.2. The van der Waals surface area contributed by atoms with E-state index in [2.05, 4.69) is 35.0 Å². The van der Waals surface area contributed by atoms with Crippen LogP contribution in [0.3, 0.4) is 0 Å². The zero-order chi connectivity index (χ0) is 28.0. The zero-order valence-corrected chi connectivity index (χ0v) is 18.7. The Morgan fingerprint density at radius 3 is 2.38 bits per heavy atom. The molecule has 17 nitrogen and oxygen atoms in total. The molecule has 2 amide bonds. The number of esters is 2. The Bertz CT molecular complexity index is 957. The van der Waals surface area contributed by atoms with Crippen molar-refractivity contribution in [2.75, 3.05) is 13.2 Å². The number of carbonyl (C=O) groups excluding carboxylic acids is 4. The molecular weight excluding hydrogens is 521 g/mol. The lowest BCUT2D eigenvalue weighted by Gasteiger charge is -2.17. The molecule has 3 N–H and O–H groups in total. The van der Waals surface area contributed by atoms with Crippen LogP contribution in [0, 0.1) is 20.2 Å². The molecule has 1 aromatic rings. The molecule has 0 aliphatic rings. The quantitative estimate of drug-likeness (QED) is 0.104. The Morgan fingerprint density at radius 1 is 1.11 bits per heavy atom. The number of alkyl halides is 3. The number of imidazole rings is 1. The summed E-state index contributed by atoms with van der Waals surface area (Å²) < 4.78 is 40.9. The lowest BCUT2D eigenvalue weighted by Crippen LogP contribution is -2.46. The van der Waals surface area contributed by atoms with E-state index in [9.17, 15) is 52.6 Å². The van der Waals surface area contributed by atoms with Crippen molar-refractivity contribution in [2.24, 2.45) is 0 Å². The van der Waals surface area contributed by atoms with Gasteiger partial charge >= 0.3 is 18.1 Å². The molecule has 0 unspecified atom stereocenters. The summed E-state index contributed by atoms with van der Waals surface area (Å²) in [5.74, 6) is -5.92. The van der Waals surface area contributed by atoms with Gasteiger partial charge in [0.25, 0.3) is 10.2 Å². The summed E-state index contributed by atoms with van der Waals surface area (Å²) >= 11 is 0. The van der Waals surface area contributed by atoms with Gasteiger partial charge in [-0.3, -0.25) is 9.59 Å². The number of nitrogens with zero attached hydrogens (tertiary/aromatic N) is 3. The highest BCUT2D eigenvalue weighted by atomic mass is 19.4. The van der Waals surface area contributed by atoms with Gasteiger partial charge in [0.2, 0.25) is 11.8 Å². The van der Waals surface area contributed by atoms with E-state index in [1.807, 2.05) is 0 Å². The van der Waals surface area contributed by atoms with Crippen molar-refractivity contribution in [3.63, 3.8) is 0 Å². The second-order valence-corrected chi connectivity index (χ2v) is 7.05. The van der Waals surface area contributed by atoms with Gasteiger partial charge in [-0.05, 0) is 12.8 Å². The minimum atomic E-state index is -5.43. The molecule has 0 aliphatic heterocycles. The van der Waals surface area contributed by atoms with Gasteiger partial charge < -0.3 is 30.0 Å². The molecule has 0 saturated heterocycles. The third kappa shape index (κ3) is 13.2. The van der Waals surface area contributed by atoms with Crippen LogP contribution in [0.4, 0.5) is 13.2 Å². The summed E-state index contributed by atoms with van der Waals surface area (Å²) in [6.07, 6.45) is -5.40. The lowest BCUT2D eigenvalue weighted by atomic mass is 10.1. The number of rotatable bonds is 16. The lowest BCUT2D eigenvalue weighted by molar-refractivity contribution is -0.790. The topological polar surface area (TPSA) is 235 Å². The smallest absolute Gasteiger partial charge is 0.385 e. The summed E-state index contributed by atoms with van der Waals surface area (Å²) in [6, 6.07) is -1.70. The van der Waals surface area contributed by atoms with E-state index in [0.29, 0.717) is 0 Å². The zero-order valence-electron chi connectivity index (χ0n) is 18.7. The molecular formula is C17H21F3N6O11. The average molecular weight is 542 g/mol. The molecule has 20 heteroatoms. The molecule has 0 saturated carbocycles. The molecule has 0 spiro atoms. The molecule has 0 aliphatic carbocycles. The third-order valence-corrected chi connectivity index (χ3v) is 4.22. The van der Waals surface area contributed by atoms with Gasteiger partial charge in [-0.15, -0.1) is 20.2 Å². The largest absolute Gasteiger partial charge is 0.491 e. The van der Waals surface area contributed by atoms with Crippen LogP contribution < -0.4 is 10.6 Å². The van der Waals surface area contributed by atoms with Crippen LogP contribution in [0.15, 0.2) is 12.5 Å². The van der Waals surface area contributed by atoms with Crippen molar-refractivity contribution >= 4 is 23.8 Å². The van der Waals surface area contributed by atoms with Gasteiger partial charge in [0.15, 0.2) is 0 Å². The summed E-state index contributed by atoms with van der Waals surface area (Å²) in [4.78, 5) is 82.0. The monoisotopic (exact) mass is 542 g/mol. The summed E-state index contributed by atoms with van der Waals surface area (Å²) in [5, 5.41) is 22.7. The van der Waals surface area contributed by atoms with E-state index in [1.54, 1.807) is 0 Å². The first kappa shape index (κ1) is 30.5. The van der Waals surface area contributed by atoms with Crippen molar-refractivity contribution in [1.82, 2.24) is 20.6 Å². The minimum absolute atomic E-state index is 0.00241. The fourth-order valence-electron chi connectivity index (χ4n) is 2.62. The van der Waals surface area contributed by atoms with Crippen LogP contribution in [0.1, 0.15) is 31.4 Å². The van der Waals surface area contributed by atoms with Crippen LogP contribution in [-0.4, -0.2) is 75.4 Å². The van der Waals surface area contributed by atoms with E-state index in [-0.39, 0.29) is 31.5 Å². The highest BCUT2D eigenvalue weighted by Gasteiger charge is 2.43. The van der Waals surface area contributed by atoms with Crippen molar-refractivity contribution in [3.8, 4) is 0 Å². The molecule has 0 radical (unpaired) electrons. The second kappa shape index (κ2) is 14.8. The maximum atomic E-state index is 12.4. The van der Waals surface area contributed by atoms with Crippen molar-refractivity contribution < 1.29 is 56.9 Å². The highest BCUT2D eigenvalue weighted by molar-refractivity contribution is 5.93. The van der Waals surface area contributed by atoms with E-state index in [1.165, 1.54) is 12.5 Å². The van der Waals surface area contributed by atoms with Gasteiger partial charge in [-0.2, -0.15) is 13.2 Å². The average Bonchev–Trinajstić information content (AvgIpc) is 3.29. The van der Waals surface area contributed by atoms with Crippen LogP contribution in [0.2, 0.25) is 0 Å². The summed E-state index contributed by atoms with van der Waals surface area (Å²) in [6.45, 7) is -0.998. The van der Waals surface area contributed by atoms with Crippen LogP contribution in [-0.2, 0) is 40.0 Å². The number of halogens is 3. The Hall–Kier alpha value is -4.52. The Balaban J connectivity index is 2.50.